The predicted octanol–water partition coefficient (Wildman–Crippen LogP) is 5.46. The molecule has 5 heteroatoms. The number of benzene rings is 2. The van der Waals surface area contributed by atoms with Crippen LogP contribution in [-0.4, -0.2) is 45.2 Å². The summed E-state index contributed by atoms with van der Waals surface area (Å²) in [5.41, 5.74) is 4.47. The third-order valence-electron chi connectivity index (χ3n) is 7.55. The van der Waals surface area contributed by atoms with Crippen LogP contribution >= 0.6 is 11.3 Å². The zero-order valence-corrected chi connectivity index (χ0v) is 20.6. The molecule has 5 rings (SSSR count). The molecule has 1 spiro atoms. The number of thiophene rings is 1. The monoisotopic (exact) mass is 461 g/mol. The van der Waals surface area contributed by atoms with Crippen molar-refractivity contribution in [1.29, 1.82) is 0 Å². The summed E-state index contributed by atoms with van der Waals surface area (Å²) in [4.78, 5) is 6.44. The molecule has 0 aliphatic carbocycles. The van der Waals surface area contributed by atoms with Crippen LogP contribution in [0, 0.1) is 0 Å². The minimum absolute atomic E-state index is 0.0751. The van der Waals surface area contributed by atoms with Gasteiger partial charge in [-0.2, -0.15) is 0 Å². The van der Waals surface area contributed by atoms with Gasteiger partial charge in [-0.05, 0) is 74.6 Å². The lowest BCUT2D eigenvalue weighted by Gasteiger charge is -2.51. The van der Waals surface area contributed by atoms with Crippen molar-refractivity contribution in [1.82, 2.24) is 10.2 Å². The van der Waals surface area contributed by atoms with Gasteiger partial charge in [-0.15, -0.1) is 11.3 Å². The summed E-state index contributed by atoms with van der Waals surface area (Å²) in [6, 6.07) is 22.0. The van der Waals surface area contributed by atoms with Crippen LogP contribution in [-0.2, 0) is 12.0 Å². The fourth-order valence-corrected chi connectivity index (χ4v) is 6.44. The first-order chi connectivity index (χ1) is 16.2. The highest BCUT2D eigenvalue weighted by Gasteiger charge is 2.43. The number of hydrogen-bond acceptors (Lipinski definition) is 5. The van der Waals surface area contributed by atoms with Crippen molar-refractivity contribution in [3.63, 3.8) is 0 Å². The molecule has 1 unspecified atom stereocenters. The number of para-hydroxylation sites is 2. The van der Waals surface area contributed by atoms with Gasteiger partial charge in [0.25, 0.3) is 0 Å². The lowest BCUT2D eigenvalue weighted by atomic mass is 9.74. The van der Waals surface area contributed by atoms with Gasteiger partial charge < -0.3 is 15.0 Å². The summed E-state index contributed by atoms with van der Waals surface area (Å²) in [5, 5.41) is 5.42. The Hall–Kier alpha value is -2.34. The average Bonchev–Trinajstić information content (AvgIpc) is 3.40. The summed E-state index contributed by atoms with van der Waals surface area (Å²) in [6.45, 7) is 4.16. The number of rotatable bonds is 7. The molecule has 1 saturated heterocycles. The number of hydrogen-bond donors (Lipinski definition) is 1. The van der Waals surface area contributed by atoms with Crippen molar-refractivity contribution in [3.8, 4) is 5.75 Å². The molecule has 0 saturated carbocycles. The van der Waals surface area contributed by atoms with Gasteiger partial charge in [0.2, 0.25) is 0 Å². The van der Waals surface area contributed by atoms with Gasteiger partial charge in [0, 0.05) is 36.5 Å². The topological polar surface area (TPSA) is 27.7 Å². The highest BCUT2D eigenvalue weighted by Crippen LogP contribution is 2.44. The molecule has 3 aromatic rings. The first kappa shape index (κ1) is 22.5. The SMILES string of the molecule is CNCCC(Oc1ccccc1N1CCC2(CC1)c1ccccc1CCN2C)c1cccs1. The minimum atomic E-state index is 0.0751. The van der Waals surface area contributed by atoms with Crippen LogP contribution in [0.4, 0.5) is 5.69 Å². The molecular weight excluding hydrogens is 426 g/mol. The molecule has 0 radical (unpaired) electrons. The summed E-state index contributed by atoms with van der Waals surface area (Å²) >= 11 is 1.78. The molecule has 33 heavy (non-hydrogen) atoms. The molecule has 174 valence electrons. The quantitative estimate of drug-likeness (QED) is 0.506. The molecule has 2 aromatic carbocycles. The smallest absolute Gasteiger partial charge is 0.143 e. The number of anilines is 1. The Balaban J connectivity index is 1.36. The molecule has 2 aliphatic rings. The van der Waals surface area contributed by atoms with Crippen LogP contribution in [0.15, 0.2) is 66.0 Å². The summed E-state index contributed by atoms with van der Waals surface area (Å²) < 4.78 is 6.68. The van der Waals surface area contributed by atoms with E-state index in [1.807, 2.05) is 7.05 Å². The van der Waals surface area contributed by atoms with E-state index in [-0.39, 0.29) is 11.6 Å². The van der Waals surface area contributed by atoms with E-state index in [4.69, 9.17) is 4.74 Å². The maximum absolute atomic E-state index is 6.68. The van der Waals surface area contributed by atoms with Crippen molar-refractivity contribution in [3.05, 3.63) is 82.0 Å². The van der Waals surface area contributed by atoms with Crippen molar-refractivity contribution < 1.29 is 4.74 Å². The molecule has 1 N–H and O–H groups in total. The zero-order chi connectivity index (χ0) is 22.7. The first-order valence-corrected chi connectivity index (χ1v) is 13.1. The van der Waals surface area contributed by atoms with Crippen LogP contribution in [0.2, 0.25) is 0 Å². The van der Waals surface area contributed by atoms with Crippen LogP contribution in [0.3, 0.4) is 0 Å². The van der Waals surface area contributed by atoms with E-state index in [0.29, 0.717) is 0 Å². The second-order valence-electron chi connectivity index (χ2n) is 9.33. The number of fused-ring (bicyclic) bond motifs is 2. The van der Waals surface area contributed by atoms with E-state index in [9.17, 15) is 0 Å². The summed E-state index contributed by atoms with van der Waals surface area (Å²) in [5.74, 6) is 1.00. The molecular formula is C28H35N3OS. The highest BCUT2D eigenvalue weighted by molar-refractivity contribution is 7.10. The van der Waals surface area contributed by atoms with E-state index in [2.05, 4.69) is 88.2 Å². The lowest BCUT2D eigenvalue weighted by molar-refractivity contribution is 0.0756. The van der Waals surface area contributed by atoms with Gasteiger partial charge in [0.15, 0.2) is 0 Å². The molecule has 2 aliphatic heterocycles. The molecule has 1 fully saturated rings. The third kappa shape index (κ3) is 4.42. The Labute approximate surface area is 202 Å². The van der Waals surface area contributed by atoms with Gasteiger partial charge in [0.1, 0.15) is 11.9 Å². The predicted molar refractivity (Wildman–Crippen MR) is 139 cm³/mol. The molecule has 0 bridgehead atoms. The Bertz CT molecular complexity index is 1040. The number of nitrogens with zero attached hydrogens (tertiary/aromatic N) is 2. The normalized spacial score (nSPS) is 18.8. The molecule has 3 heterocycles. The number of likely N-dealkylation sites (N-methyl/N-ethyl adjacent to an activating group) is 1. The maximum atomic E-state index is 6.68. The first-order valence-electron chi connectivity index (χ1n) is 12.2. The van der Waals surface area contributed by atoms with Crippen molar-refractivity contribution >= 4 is 17.0 Å². The standard InChI is InChI=1S/C28H35N3OS/c1-29-17-13-26(27-12-7-21-33-27)32-25-11-6-5-10-24(25)31-19-15-28(16-20-31)23-9-4-3-8-22(23)14-18-30(28)2/h3-12,21,26,29H,13-20H2,1-2H3. The van der Waals surface area contributed by atoms with Gasteiger partial charge in [-0.1, -0.05) is 42.5 Å². The van der Waals surface area contributed by atoms with Crippen molar-refractivity contribution in [2.45, 2.75) is 37.3 Å². The number of ether oxygens (including phenoxy) is 1. The Morgan fingerprint density at radius 1 is 1.00 bits per heavy atom. The Morgan fingerprint density at radius 2 is 1.79 bits per heavy atom. The Morgan fingerprint density at radius 3 is 2.58 bits per heavy atom. The van der Waals surface area contributed by atoms with Crippen LogP contribution in [0.5, 0.6) is 5.75 Å². The largest absolute Gasteiger partial charge is 0.483 e. The van der Waals surface area contributed by atoms with E-state index in [1.165, 1.54) is 16.1 Å². The molecule has 4 nitrogen and oxygen atoms in total. The van der Waals surface area contributed by atoms with Crippen LogP contribution < -0.4 is 15.0 Å². The highest BCUT2D eigenvalue weighted by atomic mass is 32.1. The van der Waals surface area contributed by atoms with Crippen molar-refractivity contribution in [2.24, 2.45) is 0 Å². The second-order valence-corrected chi connectivity index (χ2v) is 10.3. The van der Waals surface area contributed by atoms with Gasteiger partial charge in [-0.3, -0.25) is 4.90 Å². The molecule has 0 amide bonds. The van der Waals surface area contributed by atoms with E-state index in [1.54, 1.807) is 16.9 Å². The van der Waals surface area contributed by atoms with E-state index in [0.717, 1.165) is 57.6 Å². The fourth-order valence-electron chi connectivity index (χ4n) is 5.65. The second kappa shape index (κ2) is 9.88. The Kier molecular flexibility index (Phi) is 6.72. The minimum Gasteiger partial charge on any atom is -0.483 e. The summed E-state index contributed by atoms with van der Waals surface area (Å²) in [7, 11) is 4.32. The maximum Gasteiger partial charge on any atom is 0.143 e. The van der Waals surface area contributed by atoms with Crippen LogP contribution in [0.1, 0.15) is 41.4 Å². The van der Waals surface area contributed by atoms with Gasteiger partial charge in [0.05, 0.1) is 5.69 Å². The van der Waals surface area contributed by atoms with E-state index >= 15 is 0 Å². The number of nitrogens with one attached hydrogen (secondary N) is 1. The van der Waals surface area contributed by atoms with Crippen LogP contribution in [0.25, 0.3) is 0 Å². The zero-order valence-electron chi connectivity index (χ0n) is 19.8. The van der Waals surface area contributed by atoms with E-state index < -0.39 is 0 Å². The summed E-state index contributed by atoms with van der Waals surface area (Å²) in [6.07, 6.45) is 4.47. The lowest BCUT2D eigenvalue weighted by Crippen LogP contribution is -2.54. The fraction of sp³-hybridized carbons (Fsp3) is 0.429. The average molecular weight is 462 g/mol. The van der Waals surface area contributed by atoms with Gasteiger partial charge in [-0.25, -0.2) is 0 Å². The van der Waals surface area contributed by atoms with Crippen molar-refractivity contribution in [2.75, 3.05) is 45.2 Å². The third-order valence-corrected chi connectivity index (χ3v) is 8.51. The molecule has 1 atom stereocenters. The number of piperidine rings is 1. The molecule has 1 aromatic heterocycles. The van der Waals surface area contributed by atoms with Gasteiger partial charge >= 0.3 is 0 Å².